The molecule has 2 heterocycles. The Morgan fingerprint density at radius 2 is 2.25 bits per heavy atom. The first-order valence-electron chi connectivity index (χ1n) is 7.52. The van der Waals surface area contributed by atoms with Gasteiger partial charge in [-0.1, -0.05) is 20.8 Å². The van der Waals surface area contributed by atoms with Gasteiger partial charge in [0.05, 0.1) is 19.3 Å². The number of rotatable bonds is 5. The minimum atomic E-state index is 0.311. The summed E-state index contributed by atoms with van der Waals surface area (Å²) in [4.78, 5) is 11.7. The van der Waals surface area contributed by atoms with E-state index >= 15 is 0 Å². The van der Waals surface area contributed by atoms with Crippen LogP contribution in [0.5, 0.6) is 0 Å². The van der Waals surface area contributed by atoms with E-state index in [1.807, 2.05) is 6.92 Å². The van der Waals surface area contributed by atoms with Crippen molar-refractivity contribution in [2.45, 2.75) is 39.7 Å². The van der Waals surface area contributed by atoms with E-state index in [0.29, 0.717) is 12.0 Å². The Kier molecular flexibility index (Phi) is 5.31. The Morgan fingerprint density at radius 1 is 1.45 bits per heavy atom. The maximum Gasteiger partial charge on any atom is 0.226 e. The molecule has 1 aromatic heterocycles. The lowest BCUT2D eigenvalue weighted by atomic mass is 10.1. The molecule has 0 aliphatic carbocycles. The van der Waals surface area contributed by atoms with Crippen LogP contribution in [-0.4, -0.2) is 48.9 Å². The highest BCUT2D eigenvalue weighted by Crippen LogP contribution is 2.20. The second kappa shape index (κ2) is 6.99. The maximum absolute atomic E-state index is 5.60. The highest BCUT2D eigenvalue weighted by atomic mass is 16.5. The smallest absolute Gasteiger partial charge is 0.226 e. The number of aromatic nitrogens is 2. The summed E-state index contributed by atoms with van der Waals surface area (Å²) in [7, 11) is 0. The highest BCUT2D eigenvalue weighted by Gasteiger charge is 2.25. The quantitative estimate of drug-likeness (QED) is 0.889. The largest absolute Gasteiger partial charge is 0.377 e. The Bertz CT molecular complexity index is 436. The van der Waals surface area contributed by atoms with Crippen LogP contribution in [0.1, 0.15) is 38.1 Å². The molecule has 1 unspecified atom stereocenters. The molecule has 0 bridgehead atoms. The standard InChI is InChI=1S/C15H26N4O/c1-5-16-9-13-10-20-7-6-19(13)15-17-12(4)8-14(18-15)11(2)3/h8,11,13,16H,5-7,9-10H2,1-4H3. The number of morpholine rings is 1. The van der Waals surface area contributed by atoms with Crippen molar-refractivity contribution in [2.24, 2.45) is 0 Å². The Morgan fingerprint density at radius 3 is 2.95 bits per heavy atom. The van der Waals surface area contributed by atoms with Crippen molar-refractivity contribution in [1.29, 1.82) is 0 Å². The normalized spacial score (nSPS) is 19.6. The SMILES string of the molecule is CCNCC1COCCN1c1nc(C)cc(C(C)C)n1. The molecule has 1 aliphatic rings. The molecule has 1 N–H and O–H groups in total. The lowest BCUT2D eigenvalue weighted by molar-refractivity contribution is 0.0930. The van der Waals surface area contributed by atoms with Crippen molar-refractivity contribution in [3.05, 3.63) is 17.5 Å². The summed E-state index contributed by atoms with van der Waals surface area (Å²) in [6.07, 6.45) is 0. The Hall–Kier alpha value is -1.20. The molecule has 0 radical (unpaired) electrons. The van der Waals surface area contributed by atoms with Crippen LogP contribution in [0.2, 0.25) is 0 Å². The summed E-state index contributed by atoms with van der Waals surface area (Å²) >= 11 is 0. The van der Waals surface area contributed by atoms with Gasteiger partial charge in [-0.05, 0) is 25.5 Å². The molecule has 0 spiro atoms. The van der Waals surface area contributed by atoms with Gasteiger partial charge in [0, 0.05) is 24.5 Å². The van der Waals surface area contributed by atoms with Crippen LogP contribution in [0.15, 0.2) is 6.07 Å². The van der Waals surface area contributed by atoms with Gasteiger partial charge in [0.1, 0.15) is 0 Å². The van der Waals surface area contributed by atoms with Crippen LogP contribution >= 0.6 is 0 Å². The minimum absolute atomic E-state index is 0.311. The molecular weight excluding hydrogens is 252 g/mol. The monoisotopic (exact) mass is 278 g/mol. The van der Waals surface area contributed by atoms with Gasteiger partial charge in [0.15, 0.2) is 0 Å². The number of hydrogen-bond acceptors (Lipinski definition) is 5. The van der Waals surface area contributed by atoms with E-state index in [1.165, 1.54) is 0 Å². The molecule has 1 atom stereocenters. The number of ether oxygens (including phenoxy) is 1. The van der Waals surface area contributed by atoms with E-state index in [9.17, 15) is 0 Å². The molecule has 0 saturated carbocycles. The summed E-state index contributed by atoms with van der Waals surface area (Å²) in [5.74, 6) is 1.27. The van der Waals surface area contributed by atoms with Crippen molar-refractivity contribution >= 4 is 5.95 Å². The topological polar surface area (TPSA) is 50.3 Å². The molecule has 0 amide bonds. The van der Waals surface area contributed by atoms with Gasteiger partial charge < -0.3 is 15.0 Å². The zero-order chi connectivity index (χ0) is 14.5. The van der Waals surface area contributed by atoms with Crippen LogP contribution in [0, 0.1) is 6.92 Å². The van der Waals surface area contributed by atoms with E-state index in [1.54, 1.807) is 0 Å². The van der Waals surface area contributed by atoms with Crippen molar-refractivity contribution in [3.63, 3.8) is 0 Å². The Labute approximate surface area is 121 Å². The van der Waals surface area contributed by atoms with Gasteiger partial charge in [0.2, 0.25) is 5.95 Å². The Balaban J connectivity index is 2.22. The lowest BCUT2D eigenvalue weighted by Gasteiger charge is -2.36. The zero-order valence-corrected chi connectivity index (χ0v) is 13.0. The average molecular weight is 278 g/mol. The fraction of sp³-hybridized carbons (Fsp3) is 0.733. The minimum Gasteiger partial charge on any atom is -0.377 e. The molecule has 5 heteroatoms. The number of nitrogens with one attached hydrogen (secondary N) is 1. The third kappa shape index (κ3) is 3.67. The van der Waals surface area contributed by atoms with Gasteiger partial charge in [-0.15, -0.1) is 0 Å². The van der Waals surface area contributed by atoms with Gasteiger partial charge >= 0.3 is 0 Å². The highest BCUT2D eigenvalue weighted by molar-refractivity contribution is 5.35. The fourth-order valence-corrected chi connectivity index (χ4v) is 2.40. The van der Waals surface area contributed by atoms with Crippen LogP contribution in [0.3, 0.4) is 0 Å². The van der Waals surface area contributed by atoms with Crippen molar-refractivity contribution in [3.8, 4) is 0 Å². The van der Waals surface area contributed by atoms with Crippen molar-refractivity contribution in [1.82, 2.24) is 15.3 Å². The first-order valence-corrected chi connectivity index (χ1v) is 7.52. The number of aryl methyl sites for hydroxylation is 1. The summed E-state index contributed by atoms with van der Waals surface area (Å²) in [6, 6.07) is 2.39. The predicted molar refractivity (Wildman–Crippen MR) is 81.4 cm³/mol. The molecule has 1 saturated heterocycles. The van der Waals surface area contributed by atoms with Crippen molar-refractivity contribution in [2.75, 3.05) is 37.7 Å². The number of likely N-dealkylation sites (N-methyl/N-ethyl adjacent to an activating group) is 1. The van der Waals surface area contributed by atoms with Crippen LogP contribution in [-0.2, 0) is 4.74 Å². The molecule has 5 nitrogen and oxygen atoms in total. The number of nitrogens with zero attached hydrogens (tertiary/aromatic N) is 3. The fourth-order valence-electron chi connectivity index (χ4n) is 2.40. The summed E-state index contributed by atoms with van der Waals surface area (Å²) in [5.41, 5.74) is 2.15. The second-order valence-electron chi connectivity index (χ2n) is 5.62. The van der Waals surface area contributed by atoms with E-state index in [0.717, 1.165) is 50.2 Å². The first kappa shape index (κ1) is 15.2. The summed E-state index contributed by atoms with van der Waals surface area (Å²) in [6.45, 7) is 12.7. The van der Waals surface area contributed by atoms with Crippen LogP contribution < -0.4 is 10.2 Å². The lowest BCUT2D eigenvalue weighted by Crippen LogP contribution is -2.51. The van der Waals surface area contributed by atoms with E-state index in [-0.39, 0.29) is 0 Å². The van der Waals surface area contributed by atoms with E-state index < -0.39 is 0 Å². The molecule has 0 aromatic carbocycles. The summed E-state index contributed by atoms with van der Waals surface area (Å²) < 4.78 is 5.60. The zero-order valence-electron chi connectivity index (χ0n) is 13.0. The third-order valence-corrected chi connectivity index (χ3v) is 3.57. The third-order valence-electron chi connectivity index (χ3n) is 3.57. The predicted octanol–water partition coefficient (Wildman–Crippen LogP) is 1.72. The maximum atomic E-state index is 5.60. The molecule has 112 valence electrons. The van der Waals surface area contributed by atoms with E-state index in [4.69, 9.17) is 9.72 Å². The molecule has 1 aromatic rings. The molecule has 1 fully saturated rings. The van der Waals surface area contributed by atoms with Crippen molar-refractivity contribution < 1.29 is 4.74 Å². The van der Waals surface area contributed by atoms with Gasteiger partial charge in [-0.3, -0.25) is 0 Å². The van der Waals surface area contributed by atoms with Gasteiger partial charge in [-0.2, -0.15) is 0 Å². The molecule has 2 rings (SSSR count). The average Bonchev–Trinajstić information content (AvgIpc) is 2.44. The van der Waals surface area contributed by atoms with Crippen LogP contribution in [0.4, 0.5) is 5.95 Å². The second-order valence-corrected chi connectivity index (χ2v) is 5.62. The van der Waals surface area contributed by atoms with E-state index in [2.05, 4.69) is 42.0 Å². The number of anilines is 1. The summed E-state index contributed by atoms with van der Waals surface area (Å²) in [5, 5.41) is 3.39. The molecule has 1 aliphatic heterocycles. The molecule has 20 heavy (non-hydrogen) atoms. The van der Waals surface area contributed by atoms with Gasteiger partial charge in [0.25, 0.3) is 0 Å². The van der Waals surface area contributed by atoms with Gasteiger partial charge in [-0.25, -0.2) is 9.97 Å². The molecular formula is C15H26N4O. The number of hydrogen-bond donors (Lipinski definition) is 1. The first-order chi connectivity index (χ1) is 9.61. The van der Waals surface area contributed by atoms with Crippen LogP contribution in [0.25, 0.3) is 0 Å².